The smallest absolute Gasteiger partial charge is 0.0402 e. The Hall–Kier alpha value is -2.02. The van der Waals surface area contributed by atoms with Gasteiger partial charge in [-0.3, -0.25) is 0 Å². The zero-order valence-corrected chi connectivity index (χ0v) is 9.20. The number of nitrogens with two attached hydrogens (primary N) is 1. The molecule has 0 saturated heterocycles. The molecule has 0 amide bonds. The van der Waals surface area contributed by atoms with E-state index in [0.29, 0.717) is 0 Å². The first kappa shape index (κ1) is 9.22. The van der Waals surface area contributed by atoms with Gasteiger partial charge in [-0.25, -0.2) is 0 Å². The van der Waals surface area contributed by atoms with Crippen LogP contribution in [0.25, 0.3) is 21.5 Å². The Balaban J connectivity index is 2.60. The lowest BCUT2D eigenvalue weighted by Gasteiger charge is -2.07. The van der Waals surface area contributed by atoms with Gasteiger partial charge in [-0.2, -0.15) is 0 Å². The van der Waals surface area contributed by atoms with E-state index < -0.39 is 0 Å². The standard InChI is InChI=1S/C15H13N/c1-10-8-12-7-6-11-4-2-3-5-13(11)15(12)14(16)9-10/h2-9H,16H2,1H3. The molecule has 3 rings (SSSR count). The number of benzene rings is 3. The van der Waals surface area contributed by atoms with Crippen LogP contribution < -0.4 is 5.73 Å². The van der Waals surface area contributed by atoms with Crippen molar-refractivity contribution in [3.63, 3.8) is 0 Å². The molecule has 0 fully saturated rings. The van der Waals surface area contributed by atoms with Gasteiger partial charge in [-0.05, 0) is 34.7 Å². The van der Waals surface area contributed by atoms with Crippen molar-refractivity contribution >= 4 is 27.2 Å². The van der Waals surface area contributed by atoms with E-state index in [9.17, 15) is 0 Å². The minimum atomic E-state index is 0.867. The van der Waals surface area contributed by atoms with Crippen LogP contribution in [-0.4, -0.2) is 0 Å². The molecular weight excluding hydrogens is 194 g/mol. The Bertz CT molecular complexity index is 683. The lowest BCUT2D eigenvalue weighted by Crippen LogP contribution is -1.89. The topological polar surface area (TPSA) is 26.0 Å². The Kier molecular flexibility index (Phi) is 1.87. The molecule has 0 aliphatic carbocycles. The summed E-state index contributed by atoms with van der Waals surface area (Å²) in [5, 5.41) is 4.86. The minimum absolute atomic E-state index is 0.867. The molecule has 0 radical (unpaired) electrons. The Morgan fingerprint density at radius 1 is 0.875 bits per heavy atom. The van der Waals surface area contributed by atoms with Crippen LogP contribution in [0.1, 0.15) is 5.56 Å². The first-order chi connectivity index (χ1) is 7.75. The highest BCUT2D eigenvalue weighted by molar-refractivity contribution is 6.13. The number of fused-ring (bicyclic) bond motifs is 3. The van der Waals surface area contributed by atoms with E-state index >= 15 is 0 Å². The van der Waals surface area contributed by atoms with Crippen LogP contribution in [0.5, 0.6) is 0 Å². The predicted octanol–water partition coefficient (Wildman–Crippen LogP) is 3.88. The van der Waals surface area contributed by atoms with Gasteiger partial charge in [-0.1, -0.05) is 42.5 Å². The van der Waals surface area contributed by atoms with E-state index in [1.165, 1.54) is 27.1 Å². The predicted molar refractivity (Wildman–Crippen MR) is 70.6 cm³/mol. The number of nitrogen functional groups attached to an aromatic ring is 1. The average Bonchev–Trinajstić information content (AvgIpc) is 2.28. The molecule has 1 nitrogen and oxygen atoms in total. The van der Waals surface area contributed by atoms with Crippen LogP contribution in [0.15, 0.2) is 48.5 Å². The van der Waals surface area contributed by atoms with E-state index in [-0.39, 0.29) is 0 Å². The highest BCUT2D eigenvalue weighted by Crippen LogP contribution is 2.30. The molecule has 3 aromatic rings. The molecule has 3 aromatic carbocycles. The van der Waals surface area contributed by atoms with Crippen LogP contribution in [0.3, 0.4) is 0 Å². The van der Waals surface area contributed by atoms with E-state index in [1.54, 1.807) is 0 Å². The fraction of sp³-hybridized carbons (Fsp3) is 0.0667. The van der Waals surface area contributed by atoms with Crippen molar-refractivity contribution in [2.24, 2.45) is 0 Å². The van der Waals surface area contributed by atoms with Gasteiger partial charge in [0.1, 0.15) is 0 Å². The third-order valence-corrected chi connectivity index (χ3v) is 3.02. The Labute approximate surface area is 94.5 Å². The van der Waals surface area contributed by atoms with Gasteiger partial charge in [0.25, 0.3) is 0 Å². The van der Waals surface area contributed by atoms with E-state index in [0.717, 1.165) is 5.69 Å². The maximum Gasteiger partial charge on any atom is 0.0402 e. The molecule has 0 bridgehead atoms. The largest absolute Gasteiger partial charge is 0.398 e. The fourth-order valence-electron chi connectivity index (χ4n) is 2.34. The summed E-state index contributed by atoms with van der Waals surface area (Å²) in [6.07, 6.45) is 0. The van der Waals surface area contributed by atoms with Crippen molar-refractivity contribution in [2.45, 2.75) is 6.92 Å². The zero-order valence-electron chi connectivity index (χ0n) is 9.20. The van der Waals surface area contributed by atoms with Crippen molar-refractivity contribution in [1.29, 1.82) is 0 Å². The van der Waals surface area contributed by atoms with E-state index in [4.69, 9.17) is 5.73 Å². The molecule has 1 heteroatoms. The van der Waals surface area contributed by atoms with Crippen molar-refractivity contribution in [1.82, 2.24) is 0 Å². The normalized spacial score (nSPS) is 11.1. The second-order valence-corrected chi connectivity index (χ2v) is 4.24. The molecule has 78 valence electrons. The Morgan fingerprint density at radius 2 is 1.62 bits per heavy atom. The number of hydrogen-bond donors (Lipinski definition) is 1. The second kappa shape index (κ2) is 3.24. The summed E-state index contributed by atoms with van der Waals surface area (Å²) in [5.41, 5.74) is 8.20. The van der Waals surface area contributed by atoms with E-state index in [1.807, 2.05) is 6.07 Å². The van der Waals surface area contributed by atoms with Crippen molar-refractivity contribution in [3.8, 4) is 0 Å². The van der Waals surface area contributed by atoms with E-state index in [2.05, 4.69) is 49.4 Å². The van der Waals surface area contributed by atoms with Crippen LogP contribution in [-0.2, 0) is 0 Å². The van der Waals surface area contributed by atoms with Crippen LogP contribution in [0.4, 0.5) is 5.69 Å². The summed E-state index contributed by atoms with van der Waals surface area (Å²) in [6.45, 7) is 2.07. The van der Waals surface area contributed by atoms with Gasteiger partial charge in [0.15, 0.2) is 0 Å². The van der Waals surface area contributed by atoms with Crippen LogP contribution >= 0.6 is 0 Å². The summed E-state index contributed by atoms with van der Waals surface area (Å²) < 4.78 is 0. The molecule has 0 aliphatic rings. The van der Waals surface area contributed by atoms with Gasteiger partial charge in [-0.15, -0.1) is 0 Å². The third-order valence-electron chi connectivity index (χ3n) is 3.02. The van der Waals surface area contributed by atoms with Gasteiger partial charge in [0.05, 0.1) is 0 Å². The number of rotatable bonds is 0. The summed E-state index contributed by atoms with van der Waals surface area (Å²) >= 11 is 0. The van der Waals surface area contributed by atoms with Gasteiger partial charge >= 0.3 is 0 Å². The first-order valence-electron chi connectivity index (χ1n) is 5.43. The fourth-order valence-corrected chi connectivity index (χ4v) is 2.34. The molecule has 0 heterocycles. The zero-order chi connectivity index (χ0) is 11.1. The maximum absolute atomic E-state index is 6.12. The van der Waals surface area contributed by atoms with Gasteiger partial charge in [0.2, 0.25) is 0 Å². The second-order valence-electron chi connectivity index (χ2n) is 4.24. The maximum atomic E-state index is 6.12. The molecule has 0 atom stereocenters. The SMILES string of the molecule is Cc1cc(N)c2c(ccc3ccccc32)c1. The average molecular weight is 207 g/mol. The molecule has 0 saturated carbocycles. The quantitative estimate of drug-likeness (QED) is 0.439. The first-order valence-corrected chi connectivity index (χ1v) is 5.43. The number of aryl methyl sites for hydroxylation is 1. The summed E-state index contributed by atoms with van der Waals surface area (Å²) in [4.78, 5) is 0. The van der Waals surface area contributed by atoms with Crippen LogP contribution in [0.2, 0.25) is 0 Å². The van der Waals surface area contributed by atoms with Crippen molar-refractivity contribution in [3.05, 3.63) is 54.1 Å². The lowest BCUT2D eigenvalue weighted by molar-refractivity contribution is 1.51. The van der Waals surface area contributed by atoms with Crippen molar-refractivity contribution < 1.29 is 0 Å². The van der Waals surface area contributed by atoms with Gasteiger partial charge in [0, 0.05) is 11.1 Å². The van der Waals surface area contributed by atoms with Crippen molar-refractivity contribution in [2.75, 3.05) is 5.73 Å². The summed E-state index contributed by atoms with van der Waals surface area (Å²) in [5.74, 6) is 0. The molecule has 0 aromatic heterocycles. The number of anilines is 1. The Morgan fingerprint density at radius 3 is 2.50 bits per heavy atom. The third kappa shape index (κ3) is 1.25. The molecule has 0 spiro atoms. The highest BCUT2D eigenvalue weighted by atomic mass is 14.6. The number of hydrogen-bond acceptors (Lipinski definition) is 1. The summed E-state index contributed by atoms with van der Waals surface area (Å²) in [7, 11) is 0. The molecule has 2 N–H and O–H groups in total. The van der Waals surface area contributed by atoms with Gasteiger partial charge < -0.3 is 5.73 Å². The monoisotopic (exact) mass is 207 g/mol. The highest BCUT2D eigenvalue weighted by Gasteiger charge is 2.03. The molecule has 16 heavy (non-hydrogen) atoms. The molecule has 0 unspecified atom stereocenters. The summed E-state index contributed by atoms with van der Waals surface area (Å²) in [6, 6.07) is 16.9. The lowest BCUT2D eigenvalue weighted by atomic mass is 9.99. The van der Waals surface area contributed by atoms with Crippen LogP contribution in [0, 0.1) is 6.92 Å². The minimum Gasteiger partial charge on any atom is -0.398 e. The molecule has 0 aliphatic heterocycles. The molecular formula is C15H13N.